The van der Waals surface area contributed by atoms with E-state index in [9.17, 15) is 8.42 Å². The fourth-order valence-corrected chi connectivity index (χ4v) is 2.92. The predicted octanol–water partition coefficient (Wildman–Crippen LogP) is 1.95. The largest absolute Gasteiger partial charge is 0.382 e. The summed E-state index contributed by atoms with van der Waals surface area (Å²) in [5.41, 5.74) is 0.909. The number of hydrogen-bond acceptors (Lipinski definition) is 4. The quantitative estimate of drug-likeness (QED) is 0.890. The second kappa shape index (κ2) is 6.11. The molecule has 1 aromatic carbocycles. The summed E-state index contributed by atoms with van der Waals surface area (Å²) < 4.78 is 28.1. The monoisotopic (exact) mass is 298 g/mol. The summed E-state index contributed by atoms with van der Waals surface area (Å²) in [5, 5.41) is 8.51. The van der Waals surface area contributed by atoms with Crippen LogP contribution in [-0.4, -0.2) is 27.2 Å². The summed E-state index contributed by atoms with van der Waals surface area (Å²) in [4.78, 5) is 0.134. The van der Waals surface area contributed by atoms with Crippen LogP contribution >= 0.6 is 0 Å². The topological polar surface area (TPSA) is 81.4 Å². The van der Waals surface area contributed by atoms with E-state index < -0.39 is 10.0 Å². The van der Waals surface area contributed by atoms with E-state index in [2.05, 4.69) is 19.2 Å². The van der Waals surface area contributed by atoms with Crippen molar-refractivity contribution in [3.05, 3.63) is 24.3 Å². The highest BCUT2D eigenvalue weighted by molar-refractivity contribution is 7.89. The zero-order valence-corrected chi connectivity index (χ0v) is 12.7. The molecule has 1 aliphatic heterocycles. The maximum Gasteiger partial charge on any atom is 0.238 e. The Morgan fingerprint density at radius 2 is 1.95 bits per heavy atom. The Hall–Kier alpha value is -1.11. The zero-order valence-electron chi connectivity index (χ0n) is 11.9. The SMILES string of the molecule is CC(C)C1CC(Nc2ccc(S(N)(=O)=O)cc2)CCO1. The van der Waals surface area contributed by atoms with Gasteiger partial charge in [0.15, 0.2) is 0 Å². The van der Waals surface area contributed by atoms with Crippen LogP contribution in [0.25, 0.3) is 0 Å². The Bertz CT molecular complexity index is 540. The van der Waals surface area contributed by atoms with Crippen molar-refractivity contribution in [1.29, 1.82) is 0 Å². The summed E-state index contributed by atoms with van der Waals surface area (Å²) in [6, 6.07) is 6.91. The molecule has 0 spiro atoms. The standard InChI is InChI=1S/C14H22N2O3S/c1-10(2)14-9-12(7-8-19-14)16-11-3-5-13(6-4-11)20(15,17)18/h3-6,10,12,14,16H,7-9H2,1-2H3,(H2,15,17,18). The molecule has 1 aromatic rings. The number of nitrogens with one attached hydrogen (secondary N) is 1. The highest BCUT2D eigenvalue weighted by Crippen LogP contribution is 2.23. The third kappa shape index (κ3) is 3.94. The van der Waals surface area contributed by atoms with Gasteiger partial charge in [-0.05, 0) is 43.0 Å². The average molecular weight is 298 g/mol. The van der Waals surface area contributed by atoms with Gasteiger partial charge in [0, 0.05) is 18.3 Å². The molecule has 0 bridgehead atoms. The molecule has 0 aromatic heterocycles. The number of ether oxygens (including phenoxy) is 1. The molecule has 2 unspecified atom stereocenters. The lowest BCUT2D eigenvalue weighted by Crippen LogP contribution is -2.36. The fourth-order valence-electron chi connectivity index (χ4n) is 2.40. The van der Waals surface area contributed by atoms with Crippen molar-refractivity contribution in [1.82, 2.24) is 0 Å². The summed E-state index contributed by atoms with van der Waals surface area (Å²) in [6.45, 7) is 5.08. The van der Waals surface area contributed by atoms with Crippen molar-refractivity contribution in [2.75, 3.05) is 11.9 Å². The Kier molecular flexibility index (Phi) is 4.67. The Morgan fingerprint density at radius 3 is 2.50 bits per heavy atom. The predicted molar refractivity (Wildman–Crippen MR) is 79.0 cm³/mol. The van der Waals surface area contributed by atoms with Gasteiger partial charge in [-0.1, -0.05) is 13.8 Å². The molecule has 3 N–H and O–H groups in total. The first kappa shape index (κ1) is 15.3. The molecule has 1 heterocycles. The van der Waals surface area contributed by atoms with E-state index in [0.717, 1.165) is 25.1 Å². The lowest BCUT2D eigenvalue weighted by molar-refractivity contribution is -0.0160. The molecule has 0 saturated carbocycles. The van der Waals surface area contributed by atoms with Crippen LogP contribution in [0, 0.1) is 5.92 Å². The Labute approximate surface area is 120 Å². The second-order valence-electron chi connectivity index (χ2n) is 5.59. The summed E-state index contributed by atoms with van der Waals surface area (Å²) in [7, 11) is -3.62. The van der Waals surface area contributed by atoms with Gasteiger partial charge in [-0.2, -0.15) is 0 Å². The van der Waals surface area contributed by atoms with Gasteiger partial charge in [0.2, 0.25) is 10.0 Å². The van der Waals surface area contributed by atoms with E-state index in [1.165, 1.54) is 12.1 Å². The molecule has 0 radical (unpaired) electrons. The van der Waals surface area contributed by atoms with Crippen LogP contribution in [0.3, 0.4) is 0 Å². The lowest BCUT2D eigenvalue weighted by Gasteiger charge is -2.33. The van der Waals surface area contributed by atoms with E-state index in [0.29, 0.717) is 12.0 Å². The molecule has 1 aliphatic rings. The van der Waals surface area contributed by atoms with Gasteiger partial charge >= 0.3 is 0 Å². The maximum absolute atomic E-state index is 11.2. The average Bonchev–Trinajstić information content (AvgIpc) is 2.38. The van der Waals surface area contributed by atoms with Crippen molar-refractivity contribution < 1.29 is 13.2 Å². The van der Waals surface area contributed by atoms with Crippen LogP contribution in [0.1, 0.15) is 26.7 Å². The Morgan fingerprint density at radius 1 is 1.30 bits per heavy atom. The zero-order chi connectivity index (χ0) is 14.8. The number of nitrogens with two attached hydrogens (primary N) is 1. The normalized spacial score (nSPS) is 23.8. The molecule has 0 amide bonds. The first-order valence-corrected chi connectivity index (χ1v) is 8.42. The van der Waals surface area contributed by atoms with E-state index in [1.54, 1.807) is 12.1 Å². The molecule has 20 heavy (non-hydrogen) atoms. The van der Waals surface area contributed by atoms with Crippen LogP contribution in [0.5, 0.6) is 0 Å². The summed E-state index contributed by atoms with van der Waals surface area (Å²) >= 11 is 0. The number of sulfonamides is 1. The number of primary sulfonamides is 1. The summed E-state index contributed by atoms with van der Waals surface area (Å²) in [6.07, 6.45) is 2.21. The maximum atomic E-state index is 11.2. The lowest BCUT2D eigenvalue weighted by atomic mass is 9.95. The molecule has 0 aliphatic carbocycles. The number of benzene rings is 1. The molecule has 1 saturated heterocycles. The van der Waals surface area contributed by atoms with Crippen LogP contribution in [0.4, 0.5) is 5.69 Å². The molecule has 1 fully saturated rings. The van der Waals surface area contributed by atoms with Gasteiger partial charge in [-0.15, -0.1) is 0 Å². The van der Waals surface area contributed by atoms with Gasteiger partial charge in [0.05, 0.1) is 11.0 Å². The van der Waals surface area contributed by atoms with Gasteiger partial charge in [0.25, 0.3) is 0 Å². The second-order valence-corrected chi connectivity index (χ2v) is 7.15. The minimum absolute atomic E-state index is 0.134. The molecule has 6 heteroatoms. The third-order valence-corrected chi connectivity index (χ3v) is 4.54. The minimum atomic E-state index is -3.62. The van der Waals surface area contributed by atoms with Crippen molar-refractivity contribution in [3.8, 4) is 0 Å². The summed E-state index contributed by atoms with van der Waals surface area (Å²) in [5.74, 6) is 0.504. The van der Waals surface area contributed by atoms with E-state index in [-0.39, 0.29) is 11.0 Å². The van der Waals surface area contributed by atoms with Crippen molar-refractivity contribution in [2.45, 2.75) is 43.7 Å². The third-order valence-electron chi connectivity index (χ3n) is 3.61. The van der Waals surface area contributed by atoms with E-state index in [1.807, 2.05) is 0 Å². The smallest absolute Gasteiger partial charge is 0.238 e. The first-order chi connectivity index (χ1) is 9.36. The van der Waals surface area contributed by atoms with E-state index in [4.69, 9.17) is 9.88 Å². The van der Waals surface area contributed by atoms with E-state index >= 15 is 0 Å². The molecular weight excluding hydrogens is 276 g/mol. The van der Waals surface area contributed by atoms with Gasteiger partial charge in [0.1, 0.15) is 0 Å². The van der Waals surface area contributed by atoms with Crippen molar-refractivity contribution in [3.63, 3.8) is 0 Å². The van der Waals surface area contributed by atoms with Crippen molar-refractivity contribution in [2.24, 2.45) is 11.1 Å². The molecule has 5 nitrogen and oxygen atoms in total. The molecule has 2 rings (SSSR count). The highest BCUT2D eigenvalue weighted by atomic mass is 32.2. The van der Waals surface area contributed by atoms with Crippen LogP contribution in [0.2, 0.25) is 0 Å². The highest BCUT2D eigenvalue weighted by Gasteiger charge is 2.24. The number of anilines is 1. The van der Waals surface area contributed by atoms with Crippen LogP contribution < -0.4 is 10.5 Å². The number of rotatable bonds is 4. The van der Waals surface area contributed by atoms with Crippen molar-refractivity contribution >= 4 is 15.7 Å². The first-order valence-electron chi connectivity index (χ1n) is 6.87. The molecule has 2 atom stereocenters. The van der Waals surface area contributed by atoms with Crippen LogP contribution in [0.15, 0.2) is 29.2 Å². The van der Waals surface area contributed by atoms with Gasteiger partial charge in [-0.3, -0.25) is 0 Å². The van der Waals surface area contributed by atoms with Crippen LogP contribution in [-0.2, 0) is 14.8 Å². The molecular formula is C14H22N2O3S. The fraction of sp³-hybridized carbons (Fsp3) is 0.571. The number of hydrogen-bond donors (Lipinski definition) is 2. The van der Waals surface area contributed by atoms with Gasteiger partial charge < -0.3 is 10.1 Å². The van der Waals surface area contributed by atoms with Gasteiger partial charge in [-0.25, -0.2) is 13.6 Å². The molecule has 112 valence electrons. The minimum Gasteiger partial charge on any atom is -0.382 e. The Balaban J connectivity index is 2.00.